The smallest absolute Gasteiger partial charge is 0.453 e. The fraction of sp³-hybridized carbons (Fsp3) is 0.800. The van der Waals surface area contributed by atoms with Crippen LogP contribution in [0.15, 0.2) is 24.3 Å². The van der Waals surface area contributed by atoms with Gasteiger partial charge in [0.15, 0.2) is 0 Å². The van der Waals surface area contributed by atoms with Gasteiger partial charge in [0.25, 0.3) is 0 Å². The fourth-order valence-electron chi connectivity index (χ4n) is 9.64. The first-order valence-corrected chi connectivity index (χ1v) is 18.4. The van der Waals surface area contributed by atoms with E-state index in [4.69, 9.17) is 9.47 Å². The molecule has 0 radical (unpaired) electrons. The van der Waals surface area contributed by atoms with Crippen molar-refractivity contribution < 1.29 is 50.6 Å². The van der Waals surface area contributed by atoms with Crippen LogP contribution in [0.25, 0.3) is 0 Å². The van der Waals surface area contributed by atoms with Crippen LogP contribution in [-0.4, -0.2) is 68.9 Å². The van der Waals surface area contributed by atoms with Gasteiger partial charge in [-0.3, -0.25) is 9.00 Å². The number of hydrogen-bond donors (Lipinski definition) is 2. The molecule has 0 saturated heterocycles. The molecule has 0 aromatic heterocycles. The minimum Gasteiger partial charge on any atom is -0.491 e. The molecule has 5 rings (SSSR count). The predicted molar refractivity (Wildman–Crippen MR) is 167 cm³/mol. The molecule has 4 aliphatic rings. The van der Waals surface area contributed by atoms with E-state index in [0.29, 0.717) is 48.0 Å². The number of ketones is 1. The van der Waals surface area contributed by atoms with Crippen molar-refractivity contribution in [1.82, 2.24) is 0 Å². The number of carbonyl (C=O) groups excluding carboxylic acids is 1. The van der Waals surface area contributed by atoms with Gasteiger partial charge in [-0.05, 0) is 110 Å². The van der Waals surface area contributed by atoms with Crippen molar-refractivity contribution in [2.24, 2.45) is 34.5 Å². The summed E-state index contributed by atoms with van der Waals surface area (Å²) in [5, 5.41) is 21.5. The highest BCUT2D eigenvalue weighted by Gasteiger charge is 2.63. The van der Waals surface area contributed by atoms with E-state index < -0.39 is 47.3 Å². The Morgan fingerprint density at radius 2 is 1.72 bits per heavy atom. The Balaban J connectivity index is 1.17. The van der Waals surface area contributed by atoms with Crippen molar-refractivity contribution >= 4 is 16.6 Å². The molecule has 1 aromatic rings. The highest BCUT2D eigenvalue weighted by Crippen LogP contribution is 2.69. The number of hydrogen-bond acceptors (Lipinski definition) is 6. The van der Waals surface area contributed by atoms with E-state index >= 15 is 0 Å². The Morgan fingerprint density at radius 1 is 1.02 bits per heavy atom. The van der Waals surface area contributed by atoms with Crippen LogP contribution in [0.5, 0.6) is 5.75 Å². The quantitative estimate of drug-likeness (QED) is 0.226. The van der Waals surface area contributed by atoms with Crippen LogP contribution in [0.3, 0.4) is 0 Å². The molecule has 2 N–H and O–H groups in total. The van der Waals surface area contributed by atoms with Crippen LogP contribution >= 0.6 is 0 Å². The molecule has 4 saturated carbocycles. The third-order valence-corrected chi connectivity index (χ3v) is 13.9. The molecule has 4 aliphatic carbocycles. The van der Waals surface area contributed by atoms with Gasteiger partial charge in [0.05, 0.1) is 23.5 Å². The van der Waals surface area contributed by atoms with E-state index in [-0.39, 0.29) is 41.8 Å². The third kappa shape index (κ3) is 7.45. The number of carbonyl (C=O) groups is 1. The molecule has 266 valence electrons. The Bertz CT molecular complexity index is 1280. The zero-order valence-corrected chi connectivity index (χ0v) is 28.3. The molecule has 6 nitrogen and oxygen atoms in total. The summed E-state index contributed by atoms with van der Waals surface area (Å²) in [4.78, 5) is 12.5. The van der Waals surface area contributed by atoms with E-state index in [1.165, 1.54) is 12.5 Å². The van der Waals surface area contributed by atoms with Crippen LogP contribution in [0.1, 0.15) is 96.5 Å². The number of fused-ring (bicyclic) bond motifs is 5. The van der Waals surface area contributed by atoms with Crippen molar-refractivity contribution in [2.45, 2.75) is 121 Å². The molecule has 0 spiro atoms. The van der Waals surface area contributed by atoms with Gasteiger partial charge in [-0.1, -0.05) is 26.0 Å². The van der Waals surface area contributed by atoms with Crippen molar-refractivity contribution in [3.8, 4) is 5.75 Å². The Kier molecular flexibility index (Phi) is 10.9. The van der Waals surface area contributed by atoms with E-state index in [1.807, 2.05) is 12.1 Å². The molecule has 1 aromatic carbocycles. The largest absolute Gasteiger partial charge is 0.491 e. The molecular weight excluding hydrogens is 643 g/mol. The molecule has 11 atom stereocenters. The van der Waals surface area contributed by atoms with Gasteiger partial charge in [-0.2, -0.15) is 22.0 Å². The first kappa shape index (κ1) is 36.6. The molecule has 47 heavy (non-hydrogen) atoms. The van der Waals surface area contributed by atoms with E-state index in [1.54, 1.807) is 0 Å². The maximum absolute atomic E-state index is 13.1. The first-order chi connectivity index (χ1) is 22.0. The number of ether oxygens (including phenoxy) is 2. The van der Waals surface area contributed by atoms with E-state index in [9.17, 15) is 41.2 Å². The number of Topliss-reactive ketones (excluding diaryl/α,β-unsaturated/α-hetero) is 1. The second-order valence-electron chi connectivity index (χ2n) is 15.1. The second kappa shape index (κ2) is 13.9. The number of halogens is 5. The van der Waals surface area contributed by atoms with Crippen LogP contribution in [0.4, 0.5) is 22.0 Å². The number of alkyl halides is 5. The summed E-state index contributed by atoms with van der Waals surface area (Å²) >= 11 is 0. The SMILES string of the molecule is CC(OCC(O)COc1ccc([C@H]2C[C@]3(C)[C@@H](O)CC[C@H]3[C@@H]3CC[C@H]4CC(=O)CC[C@]4(C)[C@H]32)cc1)S(=O)CCCC(F)(F)C(F)(F)F. The lowest BCUT2D eigenvalue weighted by molar-refractivity contribution is -0.284. The van der Waals surface area contributed by atoms with Gasteiger partial charge in [0.1, 0.15) is 29.7 Å². The van der Waals surface area contributed by atoms with Gasteiger partial charge in [0, 0.05) is 25.0 Å². The van der Waals surface area contributed by atoms with Gasteiger partial charge >= 0.3 is 12.1 Å². The van der Waals surface area contributed by atoms with Crippen LogP contribution < -0.4 is 4.74 Å². The lowest BCUT2D eigenvalue weighted by Gasteiger charge is -2.62. The topological polar surface area (TPSA) is 93.1 Å². The molecule has 0 bridgehead atoms. The van der Waals surface area contributed by atoms with E-state index in [2.05, 4.69) is 26.0 Å². The van der Waals surface area contributed by atoms with Crippen molar-refractivity contribution in [2.75, 3.05) is 19.0 Å². The van der Waals surface area contributed by atoms with E-state index in [0.717, 1.165) is 38.5 Å². The first-order valence-electron chi connectivity index (χ1n) is 17.0. The predicted octanol–water partition coefficient (Wildman–Crippen LogP) is 7.18. The van der Waals surface area contributed by atoms with Crippen molar-refractivity contribution in [3.05, 3.63) is 29.8 Å². The average molecular weight is 693 g/mol. The Morgan fingerprint density at radius 3 is 2.40 bits per heavy atom. The zero-order valence-electron chi connectivity index (χ0n) is 27.4. The lowest BCUT2D eigenvalue weighted by Crippen LogP contribution is -2.56. The van der Waals surface area contributed by atoms with Crippen molar-refractivity contribution in [1.29, 1.82) is 0 Å². The number of rotatable bonds is 12. The van der Waals surface area contributed by atoms with Gasteiger partial charge in [-0.25, -0.2) is 0 Å². The number of aliphatic hydroxyl groups excluding tert-OH is 2. The molecule has 0 aliphatic heterocycles. The summed E-state index contributed by atoms with van der Waals surface area (Å²) in [5.41, 5.74) is 0.155. The van der Waals surface area contributed by atoms with Crippen LogP contribution in [-0.2, 0) is 20.3 Å². The zero-order chi connectivity index (χ0) is 34.4. The molecule has 0 heterocycles. The minimum absolute atomic E-state index is 0.0740. The van der Waals surface area contributed by atoms with Gasteiger partial charge in [0.2, 0.25) is 0 Å². The maximum atomic E-state index is 13.1. The molecule has 3 unspecified atom stereocenters. The van der Waals surface area contributed by atoms with Crippen LogP contribution in [0, 0.1) is 34.5 Å². The highest BCUT2D eigenvalue weighted by molar-refractivity contribution is 7.85. The summed E-state index contributed by atoms with van der Waals surface area (Å²) in [6.45, 7) is 5.71. The summed E-state index contributed by atoms with van der Waals surface area (Å²) < 4.78 is 86.6. The van der Waals surface area contributed by atoms with Crippen LogP contribution in [0.2, 0.25) is 0 Å². The number of aliphatic hydroxyl groups is 2. The standard InChI is InChI=1S/C35H49F5O6S/c1-21(47(44)16-4-14-34(36,37)35(38,39)40)45-19-25(42)20-46-26-8-5-22(6-9-26)28-18-33(3)29(11-12-30(33)43)27-10-7-23-17-24(41)13-15-32(23,2)31(27)28/h5-6,8-9,21,23,25,27-31,42-43H,4,7,10-20H2,1-3H3/t21?,23-,25?,27-,28+,29-,30-,31+,32-,33-,47?/m0/s1. The molecule has 12 heteroatoms. The van der Waals surface area contributed by atoms with Crippen molar-refractivity contribution in [3.63, 3.8) is 0 Å². The second-order valence-corrected chi connectivity index (χ2v) is 16.9. The normalized spacial score (nSPS) is 36.2. The minimum atomic E-state index is -5.64. The monoisotopic (exact) mass is 692 g/mol. The summed E-state index contributed by atoms with van der Waals surface area (Å²) in [5.74, 6) is -2.23. The van der Waals surface area contributed by atoms with Gasteiger partial charge < -0.3 is 19.7 Å². The molecular formula is C35H49F5O6S. The summed E-state index contributed by atoms with van der Waals surface area (Å²) in [6.07, 6.45) is -1.88. The highest BCUT2D eigenvalue weighted by atomic mass is 32.2. The third-order valence-electron chi connectivity index (χ3n) is 12.3. The Labute approximate surface area is 276 Å². The summed E-state index contributed by atoms with van der Waals surface area (Å²) in [6, 6.07) is 7.89. The Hall–Kier alpha value is -1.63. The summed E-state index contributed by atoms with van der Waals surface area (Å²) in [7, 11) is -1.81. The molecule has 4 fully saturated rings. The lowest BCUT2D eigenvalue weighted by atomic mass is 9.42. The average Bonchev–Trinajstić information content (AvgIpc) is 3.31. The maximum Gasteiger partial charge on any atom is 0.453 e. The molecule has 0 amide bonds. The number of benzene rings is 1. The van der Waals surface area contributed by atoms with Gasteiger partial charge in [-0.15, -0.1) is 0 Å². The fourth-order valence-corrected chi connectivity index (χ4v) is 10.6.